The molecule has 6 rings (SSSR count). The molecule has 1 N–H and O–H groups in total. The molecule has 0 saturated heterocycles. The van der Waals surface area contributed by atoms with E-state index in [-0.39, 0.29) is 27.7 Å². The molecule has 0 aromatic heterocycles. The third-order valence-corrected chi connectivity index (χ3v) is 7.92. The molecule has 1 spiro atoms. The lowest BCUT2D eigenvalue weighted by molar-refractivity contribution is -0.159. The third-order valence-electron chi connectivity index (χ3n) is 7.92. The van der Waals surface area contributed by atoms with Crippen LogP contribution in [0, 0.1) is 10.8 Å². The van der Waals surface area contributed by atoms with E-state index in [1.165, 1.54) is 12.6 Å². The summed E-state index contributed by atoms with van der Waals surface area (Å²) in [4.78, 5) is 0.863. The zero-order valence-electron chi connectivity index (χ0n) is 19.7. The maximum Gasteiger partial charge on any atom is 0.496 e. The number of hydrogen-bond donors (Lipinski definition) is 1. The van der Waals surface area contributed by atoms with Crippen molar-refractivity contribution in [2.24, 2.45) is 10.8 Å². The molecule has 2 aliphatic carbocycles. The quantitative estimate of drug-likeness (QED) is 0.362. The van der Waals surface area contributed by atoms with E-state index in [0.29, 0.717) is 11.1 Å². The summed E-state index contributed by atoms with van der Waals surface area (Å²) in [6, 6.07) is 13.7. The highest BCUT2D eigenvalue weighted by Gasteiger charge is 2.54. The first kappa shape index (κ1) is 20.8. The van der Waals surface area contributed by atoms with Gasteiger partial charge in [0.25, 0.3) is 0 Å². The Morgan fingerprint density at radius 1 is 0.879 bits per heavy atom. The topological polar surface area (TPSA) is 32.7 Å². The average Bonchev–Trinajstić information content (AvgIpc) is 3.07. The van der Waals surface area contributed by atoms with Crippen molar-refractivity contribution in [2.75, 3.05) is 11.9 Å². The first-order valence-corrected chi connectivity index (χ1v) is 11.6. The molecule has 1 saturated carbocycles. The number of fused-ring (bicyclic) bond motifs is 8. The van der Waals surface area contributed by atoms with Gasteiger partial charge in [-0.25, -0.2) is 0 Å². The van der Waals surface area contributed by atoms with Crippen LogP contribution >= 0.6 is 0 Å². The normalized spacial score (nSPS) is 22.7. The fraction of sp³-hybridized carbons (Fsp3) is 0.429. The molecule has 172 valence electrons. The van der Waals surface area contributed by atoms with Gasteiger partial charge in [-0.05, 0) is 75.9 Å². The molecule has 3 aliphatic rings. The van der Waals surface area contributed by atoms with E-state index >= 15 is 0 Å². The fourth-order valence-corrected chi connectivity index (χ4v) is 7.53. The Hall–Kier alpha value is -2.82. The minimum Gasteiger partial charge on any atom is -0.507 e. The van der Waals surface area contributed by atoms with E-state index in [4.69, 9.17) is 4.74 Å². The van der Waals surface area contributed by atoms with Gasteiger partial charge in [0.1, 0.15) is 5.75 Å². The molecule has 0 unspecified atom stereocenters. The zero-order valence-corrected chi connectivity index (χ0v) is 19.7. The van der Waals surface area contributed by atoms with E-state index in [2.05, 4.69) is 45.9 Å². The van der Waals surface area contributed by atoms with Gasteiger partial charge in [-0.2, -0.15) is 0 Å². The minimum absolute atomic E-state index is 0.0891. The first-order chi connectivity index (χ1) is 15.3. The Morgan fingerprint density at radius 3 is 2.24 bits per heavy atom. The highest BCUT2D eigenvalue weighted by molar-refractivity contribution is 6.07. The van der Waals surface area contributed by atoms with Gasteiger partial charge in [-0.15, -0.1) is 8.78 Å². The largest absolute Gasteiger partial charge is 0.507 e. The molecule has 33 heavy (non-hydrogen) atoms. The first-order valence-electron chi connectivity index (χ1n) is 11.6. The predicted octanol–water partition coefficient (Wildman–Crippen LogP) is 7.43. The smallest absolute Gasteiger partial charge is 0.496 e. The average molecular weight is 450 g/mol. The van der Waals surface area contributed by atoms with Crippen LogP contribution in [0.2, 0.25) is 0 Å². The Labute approximate surface area is 193 Å². The van der Waals surface area contributed by atoms with Crippen LogP contribution in [-0.2, 0) is 5.41 Å². The molecule has 0 radical (unpaired) electrons. The van der Waals surface area contributed by atoms with Gasteiger partial charge in [0.15, 0.2) is 5.75 Å². The van der Waals surface area contributed by atoms with Crippen molar-refractivity contribution in [2.45, 2.75) is 58.6 Å². The van der Waals surface area contributed by atoms with Crippen molar-refractivity contribution >= 4 is 16.5 Å². The van der Waals surface area contributed by atoms with Gasteiger partial charge in [-0.3, -0.25) is 4.90 Å². The molecular weight excluding hydrogens is 420 g/mol. The SMILES string of the molecule is CN1c2cc3c4c(cc(O)c3cc2OC1(F)F)C1(CC(C)(C)CC(C)(C)C1)c1ccccc1-4. The third kappa shape index (κ3) is 2.71. The molecule has 5 heteroatoms. The van der Waals surface area contributed by atoms with Crippen LogP contribution in [-0.4, -0.2) is 18.4 Å². The van der Waals surface area contributed by atoms with Crippen molar-refractivity contribution in [1.82, 2.24) is 0 Å². The summed E-state index contributed by atoms with van der Waals surface area (Å²) in [5, 5.41) is 12.5. The van der Waals surface area contributed by atoms with Crippen molar-refractivity contribution in [1.29, 1.82) is 0 Å². The summed E-state index contributed by atoms with van der Waals surface area (Å²) >= 11 is 0. The van der Waals surface area contributed by atoms with Gasteiger partial charge in [0, 0.05) is 17.8 Å². The molecule has 0 amide bonds. The van der Waals surface area contributed by atoms with Crippen LogP contribution in [0.25, 0.3) is 21.9 Å². The van der Waals surface area contributed by atoms with Crippen LogP contribution in [0.4, 0.5) is 14.5 Å². The van der Waals surface area contributed by atoms with Crippen LogP contribution in [0.1, 0.15) is 58.1 Å². The number of alkyl halides is 2. The van der Waals surface area contributed by atoms with Crippen molar-refractivity contribution in [3.05, 3.63) is 53.6 Å². The van der Waals surface area contributed by atoms with Crippen LogP contribution in [0.5, 0.6) is 11.5 Å². The molecule has 3 nitrogen and oxygen atoms in total. The lowest BCUT2D eigenvalue weighted by Crippen LogP contribution is -2.43. The number of ether oxygens (including phenoxy) is 1. The summed E-state index contributed by atoms with van der Waals surface area (Å²) in [6.45, 7) is 9.33. The number of hydrogen-bond acceptors (Lipinski definition) is 3. The van der Waals surface area contributed by atoms with Gasteiger partial charge in [-0.1, -0.05) is 52.0 Å². The number of phenols is 1. The minimum atomic E-state index is -3.41. The Balaban J connectivity index is 1.70. The van der Waals surface area contributed by atoms with E-state index in [0.717, 1.165) is 46.2 Å². The Morgan fingerprint density at radius 2 is 1.55 bits per heavy atom. The summed E-state index contributed by atoms with van der Waals surface area (Å²) in [6.07, 6.45) is -0.326. The van der Waals surface area contributed by atoms with Gasteiger partial charge in [0.05, 0.1) is 5.69 Å². The van der Waals surface area contributed by atoms with Gasteiger partial charge < -0.3 is 9.84 Å². The summed E-state index contributed by atoms with van der Waals surface area (Å²) in [7, 11) is 1.34. The predicted molar refractivity (Wildman–Crippen MR) is 127 cm³/mol. The number of anilines is 1. The molecule has 3 aromatic carbocycles. The highest BCUT2D eigenvalue weighted by atomic mass is 19.3. The molecule has 1 fully saturated rings. The molecular formula is C28H29F2NO2. The summed E-state index contributed by atoms with van der Waals surface area (Å²) in [5.74, 6) is 0.201. The second-order valence-electron chi connectivity index (χ2n) is 11.8. The van der Waals surface area contributed by atoms with Crippen LogP contribution < -0.4 is 9.64 Å². The van der Waals surface area contributed by atoms with E-state index < -0.39 is 6.23 Å². The standard InChI is InChI=1S/C28H29F2NO2/c1-25(2)13-26(3,4)15-27(14-25)19-9-7-6-8-16(19)24-18-10-21-23(33-28(29,30)31(21)5)11-17(18)22(32)12-20(24)27/h6-12,32H,13-15H2,1-5H3. The summed E-state index contributed by atoms with van der Waals surface area (Å²) in [5.41, 5.74) is 4.94. The Bertz CT molecular complexity index is 1330. The Kier molecular flexibility index (Phi) is 3.77. The number of halogens is 2. The maximum absolute atomic E-state index is 14.3. The van der Waals surface area contributed by atoms with Gasteiger partial charge in [0.2, 0.25) is 0 Å². The highest BCUT2D eigenvalue weighted by Crippen LogP contribution is 2.65. The number of nitrogens with zero attached hydrogens (tertiary/aromatic N) is 1. The number of rotatable bonds is 0. The van der Waals surface area contributed by atoms with Crippen LogP contribution in [0.3, 0.4) is 0 Å². The molecule has 1 aliphatic heterocycles. The van der Waals surface area contributed by atoms with E-state index in [1.807, 2.05) is 12.1 Å². The molecule has 0 bridgehead atoms. The molecule has 1 heterocycles. The van der Waals surface area contributed by atoms with Crippen molar-refractivity contribution < 1.29 is 18.6 Å². The summed E-state index contributed by atoms with van der Waals surface area (Å²) < 4.78 is 33.5. The monoisotopic (exact) mass is 449 g/mol. The van der Waals surface area contributed by atoms with Gasteiger partial charge >= 0.3 is 6.23 Å². The van der Waals surface area contributed by atoms with Crippen LogP contribution in [0.15, 0.2) is 42.5 Å². The zero-order chi connectivity index (χ0) is 23.6. The molecule has 0 atom stereocenters. The number of benzene rings is 3. The number of phenolic OH excluding ortho intramolecular Hbond substituents is 1. The van der Waals surface area contributed by atoms with E-state index in [9.17, 15) is 13.9 Å². The second-order valence-corrected chi connectivity index (χ2v) is 11.8. The lowest BCUT2D eigenvalue weighted by Gasteiger charge is -2.51. The lowest BCUT2D eigenvalue weighted by atomic mass is 9.52. The van der Waals surface area contributed by atoms with E-state index in [1.54, 1.807) is 12.1 Å². The number of aromatic hydroxyl groups is 1. The maximum atomic E-state index is 14.3. The van der Waals surface area contributed by atoms with Crippen molar-refractivity contribution in [3.63, 3.8) is 0 Å². The second kappa shape index (κ2) is 5.99. The molecule has 3 aromatic rings. The van der Waals surface area contributed by atoms with Crippen molar-refractivity contribution in [3.8, 4) is 22.6 Å². The fourth-order valence-electron chi connectivity index (χ4n) is 7.53.